The van der Waals surface area contributed by atoms with E-state index >= 15 is 0 Å². The van der Waals surface area contributed by atoms with E-state index in [1.165, 1.54) is 0 Å². The molecule has 0 saturated carbocycles. The normalized spacial score (nSPS) is 15.2. The summed E-state index contributed by atoms with van der Waals surface area (Å²) in [7, 11) is 0. The molecule has 0 amide bonds. The van der Waals surface area contributed by atoms with E-state index in [4.69, 9.17) is 32.4 Å². The number of hydrogen-bond donors (Lipinski definition) is 0. The molecule has 2 heterocycles. The maximum atomic E-state index is 12.1. The van der Waals surface area contributed by atoms with Gasteiger partial charge in [-0.3, -0.25) is 0 Å². The van der Waals surface area contributed by atoms with Crippen molar-refractivity contribution in [2.45, 2.75) is 0 Å². The molecule has 0 bridgehead atoms. The van der Waals surface area contributed by atoms with Gasteiger partial charge in [0.25, 0.3) is 0 Å². The van der Waals surface area contributed by atoms with E-state index in [1.54, 1.807) is 48.6 Å². The molecular weight excluding hydrogens is 371 g/mol. The third-order valence-electron chi connectivity index (χ3n) is 3.89. The van der Waals surface area contributed by atoms with Gasteiger partial charge >= 0.3 is 5.97 Å². The van der Waals surface area contributed by atoms with Crippen LogP contribution in [0.2, 0.25) is 10.0 Å². The molecule has 3 aromatic rings. The Kier molecular flexibility index (Phi) is 4.41. The van der Waals surface area contributed by atoms with Crippen molar-refractivity contribution in [3.8, 4) is 11.3 Å². The Balaban J connectivity index is 1.62. The summed E-state index contributed by atoms with van der Waals surface area (Å²) in [5.41, 5.74) is 2.07. The molecule has 26 heavy (non-hydrogen) atoms. The van der Waals surface area contributed by atoms with Crippen molar-refractivity contribution in [2.24, 2.45) is 0 Å². The highest BCUT2D eigenvalue weighted by atomic mass is 35.5. The highest BCUT2D eigenvalue weighted by molar-refractivity contribution is 6.31. The lowest BCUT2D eigenvalue weighted by Gasteiger charge is -2.01. The Morgan fingerprint density at radius 3 is 2.42 bits per heavy atom. The number of benzene rings is 2. The first-order valence-corrected chi connectivity index (χ1v) is 8.61. The van der Waals surface area contributed by atoms with Gasteiger partial charge in [0, 0.05) is 21.2 Å². The van der Waals surface area contributed by atoms with Gasteiger partial charge in [0.15, 0.2) is 0 Å². The Morgan fingerprint density at radius 1 is 0.846 bits per heavy atom. The lowest BCUT2D eigenvalue weighted by Crippen LogP contribution is -1.96. The molecule has 1 aliphatic heterocycles. The van der Waals surface area contributed by atoms with Gasteiger partial charge in [-0.15, -0.1) is 0 Å². The predicted octanol–water partition coefficient (Wildman–Crippen LogP) is 6.23. The van der Waals surface area contributed by atoms with Crippen LogP contribution in [0, 0.1) is 0 Å². The summed E-state index contributed by atoms with van der Waals surface area (Å²) >= 11 is 11.9. The fourth-order valence-electron chi connectivity index (χ4n) is 2.63. The van der Waals surface area contributed by atoms with Gasteiger partial charge in [-0.05, 0) is 60.7 Å². The minimum Gasteiger partial charge on any atom is -0.457 e. The Morgan fingerprint density at radius 2 is 1.65 bits per heavy atom. The van der Waals surface area contributed by atoms with Crippen molar-refractivity contribution in [1.82, 2.24) is 0 Å². The lowest BCUT2D eigenvalue weighted by atomic mass is 10.1. The molecule has 0 spiro atoms. The smallest absolute Gasteiger partial charge is 0.343 e. The summed E-state index contributed by atoms with van der Waals surface area (Å²) in [5, 5.41) is 1.26. The quantitative estimate of drug-likeness (QED) is 0.397. The number of cyclic esters (lactones) is 1. The molecule has 128 valence electrons. The van der Waals surface area contributed by atoms with E-state index in [1.807, 2.05) is 24.3 Å². The average molecular weight is 383 g/mol. The second-order valence-electron chi connectivity index (χ2n) is 5.72. The van der Waals surface area contributed by atoms with Gasteiger partial charge in [0.1, 0.15) is 17.3 Å². The zero-order valence-corrected chi connectivity index (χ0v) is 14.9. The van der Waals surface area contributed by atoms with Crippen LogP contribution >= 0.6 is 23.2 Å². The number of carbonyl (C=O) groups excluding carboxylic acids is 1. The number of rotatable bonds is 3. The first-order chi connectivity index (χ1) is 12.6. The standard InChI is InChI=1S/C21H12Cl2O3/c22-16-6-4-13(5-7-16)20-12-15(21(24)26-20)11-18-8-9-19(25-18)14-2-1-3-17(23)10-14/h1-12H/b15-11+. The third kappa shape index (κ3) is 3.45. The van der Waals surface area contributed by atoms with Crippen LogP contribution in [-0.2, 0) is 9.53 Å². The lowest BCUT2D eigenvalue weighted by molar-refractivity contribution is -0.130. The minimum atomic E-state index is -0.421. The fourth-order valence-corrected chi connectivity index (χ4v) is 2.94. The van der Waals surface area contributed by atoms with Crippen LogP contribution in [0.5, 0.6) is 0 Å². The summed E-state index contributed by atoms with van der Waals surface area (Å²) in [4.78, 5) is 12.1. The van der Waals surface area contributed by atoms with Crippen molar-refractivity contribution in [3.63, 3.8) is 0 Å². The first kappa shape index (κ1) is 16.7. The molecule has 3 nitrogen and oxygen atoms in total. The third-order valence-corrected chi connectivity index (χ3v) is 4.37. The van der Waals surface area contributed by atoms with Crippen molar-refractivity contribution < 1.29 is 13.9 Å². The van der Waals surface area contributed by atoms with Crippen LogP contribution < -0.4 is 0 Å². The summed E-state index contributed by atoms with van der Waals surface area (Å²) in [6, 6.07) is 18.1. The van der Waals surface area contributed by atoms with Gasteiger partial charge in [-0.2, -0.15) is 0 Å². The predicted molar refractivity (Wildman–Crippen MR) is 103 cm³/mol. The second-order valence-corrected chi connectivity index (χ2v) is 6.59. The highest BCUT2D eigenvalue weighted by Gasteiger charge is 2.22. The minimum absolute atomic E-state index is 0.418. The van der Waals surface area contributed by atoms with Crippen LogP contribution in [0.15, 0.2) is 76.7 Å². The van der Waals surface area contributed by atoms with E-state index in [2.05, 4.69) is 0 Å². The topological polar surface area (TPSA) is 39.4 Å². The molecule has 0 saturated heterocycles. The average Bonchev–Trinajstić information content (AvgIpc) is 3.23. The van der Waals surface area contributed by atoms with Crippen LogP contribution in [-0.4, -0.2) is 5.97 Å². The summed E-state index contributed by atoms with van der Waals surface area (Å²) in [6.07, 6.45) is 3.34. The molecule has 4 rings (SSSR count). The molecule has 2 aromatic carbocycles. The Hall–Kier alpha value is -2.75. The first-order valence-electron chi connectivity index (χ1n) is 7.86. The van der Waals surface area contributed by atoms with Gasteiger partial charge < -0.3 is 9.15 Å². The second kappa shape index (κ2) is 6.87. The van der Waals surface area contributed by atoms with Crippen LogP contribution in [0.25, 0.3) is 23.2 Å². The molecular formula is C21H12Cl2O3. The number of esters is 1. The van der Waals surface area contributed by atoms with E-state index < -0.39 is 5.97 Å². The summed E-state index contributed by atoms with van der Waals surface area (Å²) < 4.78 is 11.1. The fraction of sp³-hybridized carbons (Fsp3) is 0. The highest BCUT2D eigenvalue weighted by Crippen LogP contribution is 2.30. The molecule has 0 unspecified atom stereocenters. The molecule has 5 heteroatoms. The molecule has 0 aliphatic carbocycles. The number of carbonyl (C=O) groups is 1. The number of hydrogen-bond acceptors (Lipinski definition) is 3. The van der Waals surface area contributed by atoms with Gasteiger partial charge in [0.05, 0.1) is 5.57 Å². The Labute approximate surface area is 160 Å². The molecule has 0 N–H and O–H groups in total. The van der Waals surface area contributed by atoms with Crippen molar-refractivity contribution in [2.75, 3.05) is 0 Å². The molecule has 0 atom stereocenters. The van der Waals surface area contributed by atoms with Gasteiger partial charge in [-0.1, -0.05) is 35.3 Å². The molecule has 0 radical (unpaired) electrons. The number of furan rings is 1. The Bertz CT molecular complexity index is 1040. The zero-order chi connectivity index (χ0) is 18.1. The maximum Gasteiger partial charge on any atom is 0.343 e. The van der Waals surface area contributed by atoms with Crippen molar-refractivity contribution in [1.29, 1.82) is 0 Å². The van der Waals surface area contributed by atoms with E-state index in [-0.39, 0.29) is 0 Å². The van der Waals surface area contributed by atoms with Crippen LogP contribution in [0.3, 0.4) is 0 Å². The van der Waals surface area contributed by atoms with Gasteiger partial charge in [0.2, 0.25) is 0 Å². The SMILES string of the molecule is O=C1OC(c2ccc(Cl)cc2)=C/C1=C\c1ccc(-c2cccc(Cl)c2)o1. The molecule has 1 aliphatic rings. The zero-order valence-electron chi connectivity index (χ0n) is 13.4. The number of halogens is 2. The van der Waals surface area contributed by atoms with E-state index in [0.29, 0.717) is 32.9 Å². The molecule has 0 fully saturated rings. The maximum absolute atomic E-state index is 12.1. The summed E-state index contributed by atoms with van der Waals surface area (Å²) in [6.45, 7) is 0. The van der Waals surface area contributed by atoms with Crippen LogP contribution in [0.4, 0.5) is 0 Å². The van der Waals surface area contributed by atoms with E-state index in [0.717, 1.165) is 11.1 Å². The largest absolute Gasteiger partial charge is 0.457 e. The van der Waals surface area contributed by atoms with E-state index in [9.17, 15) is 4.79 Å². The van der Waals surface area contributed by atoms with Crippen LogP contribution in [0.1, 0.15) is 11.3 Å². The monoisotopic (exact) mass is 382 g/mol. The molecule has 1 aromatic heterocycles. The summed E-state index contributed by atoms with van der Waals surface area (Å²) in [5.74, 6) is 1.29. The van der Waals surface area contributed by atoms with Gasteiger partial charge in [-0.25, -0.2) is 4.79 Å². The van der Waals surface area contributed by atoms with Crippen molar-refractivity contribution in [3.05, 3.63) is 93.7 Å². The number of ether oxygens (including phenoxy) is 1. The van der Waals surface area contributed by atoms with Crippen molar-refractivity contribution >= 4 is 41.0 Å².